The predicted molar refractivity (Wildman–Crippen MR) is 93.3 cm³/mol. The van der Waals surface area contributed by atoms with Gasteiger partial charge in [-0.25, -0.2) is 5.43 Å². The third kappa shape index (κ3) is 2.76. The van der Waals surface area contributed by atoms with E-state index in [2.05, 4.69) is 31.3 Å². The van der Waals surface area contributed by atoms with E-state index in [0.29, 0.717) is 11.7 Å². The Kier molecular flexibility index (Phi) is 4.28. The topological polar surface area (TPSA) is 59.9 Å². The minimum atomic E-state index is -0.234. The van der Waals surface area contributed by atoms with Crippen LogP contribution in [0, 0.1) is 16.7 Å². The fraction of sp³-hybridized carbons (Fsp3) is 0.579. The zero-order chi connectivity index (χ0) is 17.4. The molecule has 24 heavy (non-hydrogen) atoms. The largest absolute Gasteiger partial charge is 0.497 e. The van der Waals surface area contributed by atoms with Crippen molar-refractivity contribution in [3.8, 4) is 11.5 Å². The lowest BCUT2D eigenvalue weighted by molar-refractivity contribution is -0.123. The Morgan fingerprint density at radius 3 is 2.46 bits per heavy atom. The second-order valence-corrected chi connectivity index (χ2v) is 7.55. The third-order valence-corrected chi connectivity index (χ3v) is 6.26. The lowest BCUT2D eigenvalue weighted by Crippen LogP contribution is -2.35. The van der Waals surface area contributed by atoms with Crippen molar-refractivity contribution in [2.45, 2.75) is 40.0 Å². The minimum Gasteiger partial charge on any atom is -0.497 e. The second-order valence-electron chi connectivity index (χ2n) is 7.55. The molecule has 2 fully saturated rings. The number of carbonyl (C=O) groups is 1. The number of fused-ring (bicyclic) bond motifs is 2. The highest BCUT2D eigenvalue weighted by Crippen LogP contribution is 2.63. The van der Waals surface area contributed by atoms with Crippen molar-refractivity contribution in [3.63, 3.8) is 0 Å². The molecular weight excluding hydrogens is 304 g/mol. The summed E-state index contributed by atoms with van der Waals surface area (Å²) in [6.07, 6.45) is 3.40. The Bertz CT molecular complexity index is 651. The smallest absolute Gasteiger partial charge is 0.277 e. The molecule has 1 amide bonds. The zero-order valence-electron chi connectivity index (χ0n) is 14.9. The molecule has 0 heterocycles. The molecule has 2 aliphatic carbocycles. The quantitative estimate of drug-likeness (QED) is 0.842. The first-order valence-corrected chi connectivity index (χ1v) is 8.49. The summed E-state index contributed by atoms with van der Waals surface area (Å²) in [5, 5.41) is 4.43. The van der Waals surface area contributed by atoms with Crippen LogP contribution in [-0.2, 0) is 4.79 Å². The van der Waals surface area contributed by atoms with E-state index in [4.69, 9.17) is 9.47 Å². The number of nitrogens with one attached hydrogen (secondary N) is 1. The van der Waals surface area contributed by atoms with Crippen molar-refractivity contribution in [1.29, 1.82) is 0 Å². The Balaban J connectivity index is 1.54. The first-order chi connectivity index (χ1) is 11.4. The molecule has 5 heteroatoms. The normalized spacial score (nSPS) is 28.8. The molecular formula is C19H26N2O3. The van der Waals surface area contributed by atoms with Gasteiger partial charge in [0, 0.05) is 11.1 Å². The number of nitrogens with zero attached hydrogens (tertiary/aromatic N) is 1. The number of hydrazone groups is 1. The molecule has 0 aromatic heterocycles. The third-order valence-electron chi connectivity index (χ3n) is 6.26. The summed E-state index contributed by atoms with van der Waals surface area (Å²) in [4.78, 5) is 12.0. The molecule has 2 bridgehead atoms. The van der Waals surface area contributed by atoms with Crippen LogP contribution in [-0.4, -0.2) is 25.3 Å². The Morgan fingerprint density at radius 1 is 1.25 bits per heavy atom. The van der Waals surface area contributed by atoms with E-state index in [1.165, 1.54) is 6.42 Å². The monoisotopic (exact) mass is 330 g/mol. The van der Waals surface area contributed by atoms with Crippen LogP contribution in [0.1, 0.15) is 40.0 Å². The molecule has 5 nitrogen and oxygen atoms in total. The Hall–Kier alpha value is -2.04. The highest BCUT2D eigenvalue weighted by Gasteiger charge is 2.59. The summed E-state index contributed by atoms with van der Waals surface area (Å²) in [6.45, 7) is 6.87. The van der Waals surface area contributed by atoms with Crippen LogP contribution in [0.2, 0.25) is 0 Å². The van der Waals surface area contributed by atoms with Gasteiger partial charge in [0.25, 0.3) is 5.91 Å². The van der Waals surface area contributed by atoms with E-state index in [9.17, 15) is 4.79 Å². The Labute approximate surface area is 143 Å². The fourth-order valence-electron chi connectivity index (χ4n) is 4.08. The van der Waals surface area contributed by atoms with E-state index in [0.717, 1.165) is 24.3 Å². The molecule has 1 aromatic carbocycles. The highest BCUT2D eigenvalue weighted by atomic mass is 16.5. The molecule has 2 unspecified atom stereocenters. The van der Waals surface area contributed by atoms with Gasteiger partial charge in [0.2, 0.25) is 0 Å². The van der Waals surface area contributed by atoms with Crippen molar-refractivity contribution < 1.29 is 14.3 Å². The van der Waals surface area contributed by atoms with Crippen molar-refractivity contribution in [2.24, 2.45) is 21.8 Å². The average molecular weight is 330 g/mol. The summed E-state index contributed by atoms with van der Waals surface area (Å²) in [5.41, 5.74) is 4.15. The number of methoxy groups -OCH3 is 1. The first kappa shape index (κ1) is 16.8. The van der Waals surface area contributed by atoms with Gasteiger partial charge in [0.05, 0.1) is 7.11 Å². The fourth-order valence-corrected chi connectivity index (χ4v) is 4.08. The highest BCUT2D eigenvalue weighted by molar-refractivity contribution is 5.95. The Morgan fingerprint density at radius 2 is 1.92 bits per heavy atom. The molecule has 0 saturated heterocycles. The number of ether oxygens (including phenoxy) is 2. The number of amides is 1. The molecule has 1 N–H and O–H groups in total. The van der Waals surface area contributed by atoms with Gasteiger partial charge in [-0.2, -0.15) is 5.10 Å². The number of benzene rings is 1. The lowest BCUT2D eigenvalue weighted by atomic mass is 9.70. The summed E-state index contributed by atoms with van der Waals surface area (Å²) < 4.78 is 10.6. The van der Waals surface area contributed by atoms with Gasteiger partial charge < -0.3 is 9.47 Å². The van der Waals surface area contributed by atoms with Crippen molar-refractivity contribution in [2.75, 3.05) is 13.7 Å². The number of carbonyl (C=O) groups excluding carboxylic acids is 1. The maximum Gasteiger partial charge on any atom is 0.277 e. The SMILES string of the molecule is COc1ccc(OCC(=O)N/N=C2/CC3CCC2(C)C3(C)C)cc1. The van der Waals surface area contributed by atoms with Crippen LogP contribution in [0.4, 0.5) is 0 Å². The maximum atomic E-state index is 12.0. The average Bonchev–Trinajstić information content (AvgIpc) is 2.91. The van der Waals surface area contributed by atoms with E-state index in [1.807, 2.05) is 0 Å². The van der Waals surface area contributed by atoms with Gasteiger partial charge in [-0.3, -0.25) is 4.79 Å². The van der Waals surface area contributed by atoms with Gasteiger partial charge in [-0.15, -0.1) is 0 Å². The molecule has 0 radical (unpaired) electrons. The van der Waals surface area contributed by atoms with Gasteiger partial charge >= 0.3 is 0 Å². The van der Waals surface area contributed by atoms with E-state index in [-0.39, 0.29) is 23.3 Å². The van der Waals surface area contributed by atoms with Crippen LogP contribution >= 0.6 is 0 Å². The standard InChI is InChI=1S/C19H26N2O3/c1-18(2)13-9-10-19(18,3)16(11-13)20-21-17(22)12-24-15-7-5-14(23-4)6-8-15/h5-8,13H,9-12H2,1-4H3,(H,21,22)/b20-16-. The number of hydrogen-bond donors (Lipinski definition) is 1. The summed E-state index contributed by atoms with van der Waals surface area (Å²) >= 11 is 0. The van der Waals surface area contributed by atoms with Gasteiger partial charge in [-0.05, 0) is 54.9 Å². The molecule has 3 rings (SSSR count). The molecule has 1 aromatic rings. The van der Waals surface area contributed by atoms with Crippen molar-refractivity contribution >= 4 is 11.6 Å². The zero-order valence-corrected chi connectivity index (χ0v) is 14.9. The van der Waals surface area contributed by atoms with E-state index in [1.54, 1.807) is 31.4 Å². The van der Waals surface area contributed by atoms with Crippen LogP contribution in [0.15, 0.2) is 29.4 Å². The maximum absolute atomic E-state index is 12.0. The van der Waals surface area contributed by atoms with Crippen molar-refractivity contribution in [3.05, 3.63) is 24.3 Å². The van der Waals surface area contributed by atoms with E-state index >= 15 is 0 Å². The van der Waals surface area contributed by atoms with Gasteiger partial charge in [-0.1, -0.05) is 20.8 Å². The van der Waals surface area contributed by atoms with E-state index < -0.39 is 0 Å². The number of hydrogen-bond acceptors (Lipinski definition) is 4. The molecule has 2 aliphatic rings. The summed E-state index contributed by atoms with van der Waals surface area (Å²) in [5.74, 6) is 1.83. The van der Waals surface area contributed by atoms with Gasteiger partial charge in [0.15, 0.2) is 6.61 Å². The summed E-state index contributed by atoms with van der Waals surface area (Å²) in [6, 6.07) is 7.15. The van der Waals surface area contributed by atoms with Crippen LogP contribution < -0.4 is 14.9 Å². The van der Waals surface area contributed by atoms with Crippen LogP contribution in [0.25, 0.3) is 0 Å². The van der Waals surface area contributed by atoms with Crippen LogP contribution in [0.5, 0.6) is 11.5 Å². The van der Waals surface area contributed by atoms with Crippen molar-refractivity contribution in [1.82, 2.24) is 5.43 Å². The predicted octanol–water partition coefficient (Wildman–Crippen LogP) is 3.39. The molecule has 2 atom stereocenters. The second kappa shape index (κ2) is 6.11. The molecule has 2 saturated carbocycles. The minimum absolute atomic E-state index is 0.0490. The molecule has 130 valence electrons. The molecule has 0 aliphatic heterocycles. The van der Waals surface area contributed by atoms with Crippen LogP contribution in [0.3, 0.4) is 0 Å². The molecule has 0 spiro atoms. The first-order valence-electron chi connectivity index (χ1n) is 8.49. The summed E-state index contributed by atoms with van der Waals surface area (Å²) in [7, 11) is 1.61. The van der Waals surface area contributed by atoms with Gasteiger partial charge in [0.1, 0.15) is 11.5 Å². The lowest BCUT2D eigenvalue weighted by Gasteiger charge is -2.34. The number of rotatable bonds is 5.